The normalized spacial score (nSPS) is 18.0. The topological polar surface area (TPSA) is 40.6 Å². The lowest BCUT2D eigenvalue weighted by molar-refractivity contribution is -0.121. The molecule has 1 aliphatic heterocycles. The van der Waals surface area contributed by atoms with Crippen LogP contribution in [0.2, 0.25) is 0 Å². The molecule has 2 heterocycles. The summed E-state index contributed by atoms with van der Waals surface area (Å²) in [7, 11) is 1.86. The van der Waals surface area contributed by atoms with Crippen molar-refractivity contribution in [2.75, 3.05) is 18.5 Å². The molecule has 0 saturated carbocycles. The van der Waals surface area contributed by atoms with Crippen LogP contribution < -0.4 is 4.90 Å². The summed E-state index contributed by atoms with van der Waals surface area (Å²) < 4.78 is 0. The first-order valence-corrected chi connectivity index (χ1v) is 12.1. The number of thiophene rings is 1. The molecule has 4 rings (SSSR count). The number of anilines is 1. The minimum absolute atomic E-state index is 0.00774. The van der Waals surface area contributed by atoms with Gasteiger partial charge in [-0.3, -0.25) is 9.59 Å². The molecule has 2 atom stereocenters. The van der Waals surface area contributed by atoms with Gasteiger partial charge < -0.3 is 9.80 Å². The summed E-state index contributed by atoms with van der Waals surface area (Å²) in [5.74, 6) is -0.149. The van der Waals surface area contributed by atoms with Gasteiger partial charge in [-0.1, -0.05) is 63.2 Å². The third-order valence-electron chi connectivity index (χ3n) is 6.17. The Labute approximate surface area is 194 Å². The predicted molar refractivity (Wildman–Crippen MR) is 131 cm³/mol. The highest BCUT2D eigenvalue weighted by Gasteiger charge is 2.45. The Morgan fingerprint density at radius 2 is 1.78 bits per heavy atom. The van der Waals surface area contributed by atoms with Gasteiger partial charge in [0.25, 0.3) is 5.91 Å². The first-order chi connectivity index (χ1) is 15.4. The summed E-state index contributed by atoms with van der Waals surface area (Å²) in [5, 5.41) is 2.02. The van der Waals surface area contributed by atoms with Crippen molar-refractivity contribution in [3.05, 3.63) is 87.6 Å². The van der Waals surface area contributed by atoms with Gasteiger partial charge in [0.2, 0.25) is 5.91 Å². The molecule has 0 spiro atoms. The van der Waals surface area contributed by atoms with E-state index in [2.05, 4.69) is 26.8 Å². The number of hydrogen-bond donors (Lipinski definition) is 0. The minimum atomic E-state index is -0.462. The van der Waals surface area contributed by atoms with Crippen LogP contribution in [-0.4, -0.2) is 30.3 Å². The molecular formula is C27H30N2O2S. The Morgan fingerprint density at radius 1 is 1.06 bits per heavy atom. The molecule has 5 heteroatoms. The van der Waals surface area contributed by atoms with Crippen molar-refractivity contribution in [2.24, 2.45) is 5.92 Å². The van der Waals surface area contributed by atoms with E-state index in [1.807, 2.05) is 71.9 Å². The van der Waals surface area contributed by atoms with Crippen LogP contribution in [0.1, 0.15) is 59.1 Å². The minimum Gasteiger partial charge on any atom is -0.329 e. The zero-order valence-electron chi connectivity index (χ0n) is 19.1. The molecule has 0 N–H and O–H groups in total. The number of likely N-dealkylation sites (N-methyl/N-ethyl adjacent to an activating group) is 1. The van der Waals surface area contributed by atoms with Crippen LogP contribution in [0.5, 0.6) is 0 Å². The number of nitrogens with zero attached hydrogens (tertiary/aromatic N) is 2. The lowest BCUT2D eigenvalue weighted by Gasteiger charge is -2.43. The van der Waals surface area contributed by atoms with Gasteiger partial charge in [-0.2, -0.15) is 0 Å². The Balaban J connectivity index is 1.87. The Kier molecular flexibility index (Phi) is 6.47. The molecular weight excluding hydrogens is 416 g/mol. The fraction of sp³-hybridized carbons (Fsp3) is 0.333. The van der Waals surface area contributed by atoms with Gasteiger partial charge >= 0.3 is 0 Å². The summed E-state index contributed by atoms with van der Waals surface area (Å²) in [6.07, 6.45) is 0.849. The number of carbonyl (C=O) groups is 2. The molecule has 0 fully saturated rings. The standard InChI is InChI=1S/C27H30N2O2S/c1-5-19-11-6-9-14-22(19)28(4)27(31)24-20-12-7-8-13-21(20)26(30)29(17-18(2)3)25(24)23-15-10-16-32-23/h6-16,18,24-25H,5,17H2,1-4H3/t24-,25+/m0/s1. The van der Waals surface area contributed by atoms with Gasteiger partial charge in [-0.15, -0.1) is 11.3 Å². The zero-order valence-corrected chi connectivity index (χ0v) is 19.9. The average molecular weight is 447 g/mol. The quantitative estimate of drug-likeness (QED) is 0.472. The molecule has 0 aliphatic carbocycles. The average Bonchev–Trinajstić information content (AvgIpc) is 3.34. The summed E-state index contributed by atoms with van der Waals surface area (Å²) in [6.45, 7) is 6.93. The fourth-order valence-corrected chi connectivity index (χ4v) is 5.57. The van der Waals surface area contributed by atoms with E-state index in [1.165, 1.54) is 0 Å². The SMILES string of the molecule is CCc1ccccc1N(C)C(=O)[C@H]1c2ccccc2C(=O)N(CC(C)C)[C@@H]1c1cccs1. The second-order valence-electron chi connectivity index (χ2n) is 8.76. The molecule has 3 aromatic rings. The summed E-state index contributed by atoms with van der Waals surface area (Å²) >= 11 is 1.61. The molecule has 2 amide bonds. The maximum atomic E-state index is 14.2. The van der Waals surface area contributed by atoms with Crippen LogP contribution in [0.25, 0.3) is 0 Å². The van der Waals surface area contributed by atoms with Gasteiger partial charge in [0, 0.05) is 29.7 Å². The number of amides is 2. The van der Waals surface area contributed by atoms with Crippen molar-refractivity contribution < 1.29 is 9.59 Å². The van der Waals surface area contributed by atoms with Crippen LogP contribution in [0.4, 0.5) is 5.69 Å². The predicted octanol–water partition coefficient (Wildman–Crippen LogP) is 5.91. The highest BCUT2D eigenvalue weighted by Crippen LogP contribution is 2.45. The molecule has 0 bridgehead atoms. The smallest absolute Gasteiger partial charge is 0.254 e. The van der Waals surface area contributed by atoms with E-state index in [9.17, 15) is 9.59 Å². The molecule has 1 aliphatic rings. The van der Waals surface area contributed by atoms with E-state index in [0.717, 1.165) is 28.1 Å². The van der Waals surface area contributed by atoms with Crippen LogP contribution in [-0.2, 0) is 11.2 Å². The molecule has 4 nitrogen and oxygen atoms in total. The molecule has 0 saturated heterocycles. The number of fused-ring (bicyclic) bond motifs is 1. The Bertz CT molecular complexity index is 1110. The molecule has 0 radical (unpaired) electrons. The van der Waals surface area contributed by atoms with E-state index in [4.69, 9.17) is 0 Å². The number of carbonyl (C=O) groups excluding carboxylic acids is 2. The molecule has 32 heavy (non-hydrogen) atoms. The third-order valence-corrected chi connectivity index (χ3v) is 7.11. The monoisotopic (exact) mass is 446 g/mol. The van der Waals surface area contributed by atoms with Crippen molar-refractivity contribution in [1.29, 1.82) is 0 Å². The summed E-state index contributed by atoms with van der Waals surface area (Å²) in [5.41, 5.74) is 3.52. The first kappa shape index (κ1) is 22.3. The van der Waals surface area contributed by atoms with Gasteiger partial charge in [-0.05, 0) is 47.0 Å². The molecule has 0 unspecified atom stereocenters. The lowest BCUT2D eigenvalue weighted by atomic mass is 9.80. The number of aryl methyl sites for hydroxylation is 1. The van der Waals surface area contributed by atoms with Gasteiger partial charge in [0.1, 0.15) is 0 Å². The largest absolute Gasteiger partial charge is 0.329 e. The van der Waals surface area contributed by atoms with E-state index < -0.39 is 5.92 Å². The molecule has 166 valence electrons. The van der Waals surface area contributed by atoms with Crippen LogP contribution in [0, 0.1) is 5.92 Å². The maximum absolute atomic E-state index is 14.2. The number of para-hydroxylation sites is 1. The van der Waals surface area contributed by atoms with Crippen molar-refractivity contribution in [3.63, 3.8) is 0 Å². The zero-order chi connectivity index (χ0) is 22.8. The highest BCUT2D eigenvalue weighted by atomic mass is 32.1. The summed E-state index contributed by atoms with van der Waals surface area (Å²) in [6, 6.07) is 19.4. The second-order valence-corrected chi connectivity index (χ2v) is 9.74. The van der Waals surface area contributed by atoms with Crippen molar-refractivity contribution in [1.82, 2.24) is 4.90 Å². The highest BCUT2D eigenvalue weighted by molar-refractivity contribution is 7.10. The lowest BCUT2D eigenvalue weighted by Crippen LogP contribution is -2.48. The fourth-order valence-electron chi connectivity index (χ4n) is 4.69. The summed E-state index contributed by atoms with van der Waals surface area (Å²) in [4.78, 5) is 32.5. The number of benzene rings is 2. The van der Waals surface area contributed by atoms with Crippen LogP contribution in [0.3, 0.4) is 0 Å². The van der Waals surface area contributed by atoms with Crippen LogP contribution >= 0.6 is 11.3 Å². The van der Waals surface area contributed by atoms with Crippen molar-refractivity contribution >= 4 is 28.8 Å². The third kappa shape index (κ3) is 3.97. The Morgan fingerprint density at radius 3 is 2.47 bits per heavy atom. The molecule has 2 aromatic carbocycles. The van der Waals surface area contributed by atoms with E-state index in [1.54, 1.807) is 16.2 Å². The first-order valence-electron chi connectivity index (χ1n) is 11.2. The van der Waals surface area contributed by atoms with Crippen LogP contribution in [0.15, 0.2) is 66.0 Å². The number of rotatable bonds is 6. The van der Waals surface area contributed by atoms with Gasteiger partial charge in [0.15, 0.2) is 0 Å². The van der Waals surface area contributed by atoms with Gasteiger partial charge in [0.05, 0.1) is 12.0 Å². The maximum Gasteiger partial charge on any atom is 0.254 e. The Hall–Kier alpha value is -2.92. The molecule has 1 aromatic heterocycles. The number of hydrogen-bond acceptors (Lipinski definition) is 3. The van der Waals surface area contributed by atoms with Crippen molar-refractivity contribution in [3.8, 4) is 0 Å². The van der Waals surface area contributed by atoms with Crippen molar-refractivity contribution in [2.45, 2.75) is 39.2 Å². The van der Waals surface area contributed by atoms with E-state index in [0.29, 0.717) is 18.0 Å². The van der Waals surface area contributed by atoms with Gasteiger partial charge in [-0.25, -0.2) is 0 Å². The second kappa shape index (κ2) is 9.29. The van der Waals surface area contributed by atoms with E-state index in [-0.39, 0.29) is 17.9 Å². The van der Waals surface area contributed by atoms with E-state index >= 15 is 0 Å².